The molecule has 0 radical (unpaired) electrons. The van der Waals surface area contributed by atoms with Gasteiger partial charge >= 0.3 is 5.76 Å². The minimum atomic E-state index is -0.367. The van der Waals surface area contributed by atoms with Crippen LogP contribution in [0.1, 0.15) is 35.4 Å². The highest BCUT2D eigenvalue weighted by Crippen LogP contribution is 2.40. The average Bonchev–Trinajstić information content (AvgIpc) is 3.37. The molecule has 0 saturated heterocycles. The Morgan fingerprint density at radius 1 is 1.21 bits per heavy atom. The smallest absolute Gasteiger partial charge is 0.408 e. The van der Waals surface area contributed by atoms with Gasteiger partial charge in [0, 0.05) is 25.7 Å². The lowest BCUT2D eigenvalue weighted by molar-refractivity contribution is 0.527. The van der Waals surface area contributed by atoms with Crippen molar-refractivity contribution in [1.82, 2.24) is 9.88 Å². The summed E-state index contributed by atoms with van der Waals surface area (Å²) in [4.78, 5) is 11.5. The predicted molar refractivity (Wildman–Crippen MR) is 90.4 cm³/mol. The molecular formula is C19H19FN2O2. The van der Waals surface area contributed by atoms with Gasteiger partial charge in [0.25, 0.3) is 0 Å². The van der Waals surface area contributed by atoms with Crippen LogP contribution in [0.4, 0.5) is 4.39 Å². The third-order valence-electron chi connectivity index (χ3n) is 4.62. The lowest BCUT2D eigenvalue weighted by atomic mass is 10.1. The first-order chi connectivity index (χ1) is 11.6. The summed E-state index contributed by atoms with van der Waals surface area (Å²) >= 11 is 0. The Labute approximate surface area is 138 Å². The number of nitrogens with zero attached hydrogens (tertiary/aromatic N) is 1. The molecule has 4 nitrogen and oxygen atoms in total. The van der Waals surface area contributed by atoms with Crippen LogP contribution >= 0.6 is 0 Å². The maximum atomic E-state index is 13.9. The first kappa shape index (κ1) is 15.1. The van der Waals surface area contributed by atoms with Gasteiger partial charge in [0.1, 0.15) is 5.82 Å². The van der Waals surface area contributed by atoms with Gasteiger partial charge in [-0.2, -0.15) is 0 Å². The summed E-state index contributed by atoms with van der Waals surface area (Å²) in [6.07, 6.45) is 2.42. The van der Waals surface area contributed by atoms with Crippen molar-refractivity contribution in [2.75, 3.05) is 0 Å². The minimum Gasteiger partial charge on any atom is -0.408 e. The number of oxazole rings is 1. The first-order valence-electron chi connectivity index (χ1n) is 8.19. The van der Waals surface area contributed by atoms with E-state index in [1.807, 2.05) is 30.3 Å². The van der Waals surface area contributed by atoms with Crippen molar-refractivity contribution in [1.29, 1.82) is 0 Å². The van der Waals surface area contributed by atoms with Crippen molar-refractivity contribution in [3.05, 3.63) is 69.5 Å². The van der Waals surface area contributed by atoms with E-state index in [1.54, 1.807) is 13.1 Å². The molecule has 4 rings (SSSR count). The number of rotatable bonds is 5. The number of hydrogen-bond acceptors (Lipinski definition) is 3. The van der Waals surface area contributed by atoms with Crippen molar-refractivity contribution in [2.24, 2.45) is 7.05 Å². The normalized spacial score (nSPS) is 14.4. The summed E-state index contributed by atoms with van der Waals surface area (Å²) in [7, 11) is 1.68. The molecule has 1 N–H and O–H groups in total. The summed E-state index contributed by atoms with van der Waals surface area (Å²) in [6, 6.07) is 11.1. The van der Waals surface area contributed by atoms with Gasteiger partial charge in [-0.3, -0.25) is 4.57 Å². The molecule has 1 aliphatic rings. The molecule has 0 bridgehead atoms. The molecule has 2 aromatic carbocycles. The summed E-state index contributed by atoms with van der Waals surface area (Å²) in [5, 5.41) is 3.26. The number of fused-ring (bicyclic) bond motifs is 1. The Hall–Kier alpha value is -2.40. The van der Waals surface area contributed by atoms with Crippen LogP contribution in [0.5, 0.6) is 0 Å². The van der Waals surface area contributed by atoms with Gasteiger partial charge in [-0.25, -0.2) is 9.18 Å². The maximum absolute atomic E-state index is 13.9. The van der Waals surface area contributed by atoms with Crippen molar-refractivity contribution < 1.29 is 8.81 Å². The Kier molecular flexibility index (Phi) is 3.73. The number of aromatic nitrogens is 1. The van der Waals surface area contributed by atoms with Crippen LogP contribution in [0.3, 0.4) is 0 Å². The van der Waals surface area contributed by atoms with E-state index in [0.717, 1.165) is 11.1 Å². The molecule has 124 valence electrons. The second kappa shape index (κ2) is 5.91. The van der Waals surface area contributed by atoms with Crippen molar-refractivity contribution >= 4 is 11.1 Å². The van der Waals surface area contributed by atoms with E-state index in [4.69, 9.17) is 4.42 Å². The molecular weight excluding hydrogens is 307 g/mol. The third-order valence-corrected chi connectivity index (χ3v) is 4.62. The zero-order valence-corrected chi connectivity index (χ0v) is 13.5. The van der Waals surface area contributed by atoms with E-state index in [0.29, 0.717) is 30.2 Å². The van der Waals surface area contributed by atoms with Crippen LogP contribution in [0.25, 0.3) is 11.1 Å². The highest BCUT2D eigenvalue weighted by molar-refractivity contribution is 5.73. The van der Waals surface area contributed by atoms with Crippen LogP contribution in [-0.2, 0) is 20.1 Å². The van der Waals surface area contributed by atoms with Gasteiger partial charge in [-0.15, -0.1) is 0 Å². The summed E-state index contributed by atoms with van der Waals surface area (Å²) < 4.78 is 20.6. The largest absolute Gasteiger partial charge is 0.419 e. The van der Waals surface area contributed by atoms with Gasteiger partial charge in [0.15, 0.2) is 5.58 Å². The summed E-state index contributed by atoms with van der Waals surface area (Å²) in [5.41, 5.74) is 4.28. The monoisotopic (exact) mass is 326 g/mol. The Morgan fingerprint density at radius 2 is 2.04 bits per heavy atom. The van der Waals surface area contributed by atoms with Crippen molar-refractivity contribution in [3.8, 4) is 0 Å². The molecule has 3 aromatic rings. The molecule has 5 heteroatoms. The lowest BCUT2D eigenvalue weighted by Gasteiger charge is -2.08. The lowest BCUT2D eigenvalue weighted by Crippen LogP contribution is -2.14. The summed E-state index contributed by atoms with van der Waals surface area (Å²) in [6.45, 7) is 1.06. The van der Waals surface area contributed by atoms with Gasteiger partial charge < -0.3 is 9.73 Å². The van der Waals surface area contributed by atoms with E-state index < -0.39 is 0 Å². The van der Waals surface area contributed by atoms with Gasteiger partial charge in [-0.05, 0) is 48.1 Å². The highest BCUT2D eigenvalue weighted by atomic mass is 19.1. The molecule has 0 spiro atoms. The molecule has 1 heterocycles. The van der Waals surface area contributed by atoms with Gasteiger partial charge in [0.05, 0.1) is 5.52 Å². The number of benzene rings is 2. The molecule has 24 heavy (non-hydrogen) atoms. The molecule has 1 fully saturated rings. The highest BCUT2D eigenvalue weighted by Gasteiger charge is 2.24. The second-order valence-corrected chi connectivity index (χ2v) is 6.46. The van der Waals surface area contributed by atoms with Gasteiger partial charge in [-0.1, -0.05) is 18.2 Å². The zero-order chi connectivity index (χ0) is 16.7. The quantitative estimate of drug-likeness (QED) is 0.781. The molecule has 0 aliphatic heterocycles. The zero-order valence-electron chi connectivity index (χ0n) is 13.5. The average molecular weight is 326 g/mol. The third kappa shape index (κ3) is 2.87. The fourth-order valence-corrected chi connectivity index (χ4v) is 3.03. The molecule has 0 unspecified atom stereocenters. The van der Waals surface area contributed by atoms with Crippen molar-refractivity contribution in [2.45, 2.75) is 31.8 Å². The molecule has 0 amide bonds. The maximum Gasteiger partial charge on any atom is 0.419 e. The van der Waals surface area contributed by atoms with E-state index in [1.165, 1.54) is 23.0 Å². The Bertz CT molecular complexity index is 954. The number of nitrogens with one attached hydrogen (secondary N) is 1. The van der Waals surface area contributed by atoms with E-state index in [2.05, 4.69) is 5.32 Å². The van der Waals surface area contributed by atoms with Crippen LogP contribution in [0, 0.1) is 5.82 Å². The van der Waals surface area contributed by atoms with E-state index in [-0.39, 0.29) is 11.6 Å². The van der Waals surface area contributed by atoms with Crippen molar-refractivity contribution in [3.63, 3.8) is 0 Å². The van der Waals surface area contributed by atoms with Crippen LogP contribution in [0.15, 0.2) is 45.6 Å². The summed E-state index contributed by atoms with van der Waals surface area (Å²) in [5.74, 6) is 0.0817. The van der Waals surface area contributed by atoms with Crippen LogP contribution in [0.2, 0.25) is 0 Å². The fraction of sp³-hybridized carbons (Fsp3) is 0.316. The Balaban J connectivity index is 1.45. The standard InChI is InChI=1S/C19H19FN2O2/c1-22-17-7-2-12(8-18(17)24-19(22)23)10-21-11-15-9-14(13-3-4-13)5-6-16(15)20/h2,5-9,13,21H,3-4,10-11H2,1H3. The topological polar surface area (TPSA) is 47.2 Å². The predicted octanol–water partition coefficient (Wildman–Crippen LogP) is 3.44. The van der Waals surface area contributed by atoms with Crippen LogP contribution < -0.4 is 11.1 Å². The Morgan fingerprint density at radius 3 is 2.83 bits per heavy atom. The van der Waals surface area contributed by atoms with Gasteiger partial charge in [0.2, 0.25) is 0 Å². The van der Waals surface area contributed by atoms with E-state index >= 15 is 0 Å². The molecule has 1 aliphatic carbocycles. The molecule has 0 atom stereocenters. The first-order valence-corrected chi connectivity index (χ1v) is 8.19. The number of halogens is 1. The van der Waals surface area contributed by atoms with E-state index in [9.17, 15) is 9.18 Å². The SMILES string of the molecule is Cn1c(=O)oc2cc(CNCc3cc(C4CC4)ccc3F)ccc21. The molecule has 1 aromatic heterocycles. The second-order valence-electron chi connectivity index (χ2n) is 6.46. The fourth-order valence-electron chi connectivity index (χ4n) is 3.03. The minimum absolute atomic E-state index is 0.170. The number of aryl methyl sites for hydroxylation is 1. The molecule has 1 saturated carbocycles. The number of hydrogen-bond donors (Lipinski definition) is 1. The van der Waals surface area contributed by atoms with Crippen LogP contribution in [-0.4, -0.2) is 4.57 Å².